The van der Waals surface area contributed by atoms with Gasteiger partial charge in [-0.3, -0.25) is 14.5 Å². The van der Waals surface area contributed by atoms with Crippen LogP contribution in [0.25, 0.3) is 11.0 Å². The molecule has 4 N–H and O–H groups in total. The highest BCUT2D eigenvalue weighted by Gasteiger charge is 2.09. The first kappa shape index (κ1) is 21.1. The molecule has 142 valence electrons. The molecule has 0 fully saturated rings. The van der Waals surface area contributed by atoms with Crippen molar-refractivity contribution in [3.63, 3.8) is 0 Å². The second kappa shape index (κ2) is 9.68. The van der Waals surface area contributed by atoms with Crippen LogP contribution in [0.1, 0.15) is 11.1 Å². The zero-order chi connectivity index (χ0) is 20.0. The van der Waals surface area contributed by atoms with Gasteiger partial charge in [0.1, 0.15) is 0 Å². The summed E-state index contributed by atoms with van der Waals surface area (Å²) in [5, 5.41) is 0. The van der Waals surface area contributed by atoms with E-state index in [2.05, 4.69) is 42.9 Å². The van der Waals surface area contributed by atoms with Gasteiger partial charge in [0.15, 0.2) is 0 Å². The third-order valence-corrected chi connectivity index (χ3v) is 4.07. The molecule has 8 nitrogen and oxygen atoms in total. The van der Waals surface area contributed by atoms with Crippen molar-refractivity contribution in [1.82, 2.24) is 14.9 Å². The van der Waals surface area contributed by atoms with Crippen molar-refractivity contribution < 1.29 is 14.4 Å². The fourth-order valence-electron chi connectivity index (χ4n) is 2.63. The van der Waals surface area contributed by atoms with E-state index in [1.165, 1.54) is 5.56 Å². The quantitative estimate of drug-likeness (QED) is 0.353. The number of rotatable bonds is 4. The van der Waals surface area contributed by atoms with Crippen LogP contribution in [0.3, 0.4) is 0 Å². The highest BCUT2D eigenvalue weighted by atomic mass is 79.9. The predicted octanol–water partition coefficient (Wildman–Crippen LogP) is 2.24. The van der Waals surface area contributed by atoms with Crippen molar-refractivity contribution in [3.05, 3.63) is 78.8 Å². The minimum absolute atomic E-state index is 0.618. The fraction of sp³-hybridized carbons (Fsp3) is 0.176. The van der Waals surface area contributed by atoms with Crippen LogP contribution in [0.5, 0.6) is 0 Å². The number of benzene rings is 2. The summed E-state index contributed by atoms with van der Waals surface area (Å²) in [6.45, 7) is 1.44. The van der Waals surface area contributed by atoms with Gasteiger partial charge in [-0.25, -0.2) is 0 Å². The van der Waals surface area contributed by atoms with E-state index in [-0.39, 0.29) is 0 Å². The van der Waals surface area contributed by atoms with Crippen molar-refractivity contribution in [2.75, 3.05) is 7.05 Å². The van der Waals surface area contributed by atoms with Crippen LogP contribution < -0.4 is 11.1 Å². The first-order valence-electron chi connectivity index (χ1n) is 7.78. The standard InChI is InChI=1S/C17H16BrN3O2.HO3P/c1-21(9-11-5-3-2-4-6-11)10-12-7-13(18)8-14-15(12)20-17(23)16(22)19-14;1-4(2)3/h2-8H,9-10H2,1H3,(H,19,22)(H,20,23);(H-,1,2,3)/p+1. The van der Waals surface area contributed by atoms with Crippen LogP contribution in [0, 0.1) is 0 Å². The van der Waals surface area contributed by atoms with Crippen molar-refractivity contribution >= 4 is 35.2 Å². The molecule has 0 radical (unpaired) electrons. The van der Waals surface area contributed by atoms with Crippen LogP contribution in [0.15, 0.2) is 56.5 Å². The minimum Gasteiger partial charge on any atom is -0.316 e. The molecule has 0 unspecified atom stereocenters. The third kappa shape index (κ3) is 6.50. The first-order chi connectivity index (χ1) is 12.8. The fourth-order valence-corrected chi connectivity index (χ4v) is 3.13. The summed E-state index contributed by atoms with van der Waals surface area (Å²) in [7, 11) is -0.853. The Morgan fingerprint density at radius 3 is 2.26 bits per heavy atom. The van der Waals surface area contributed by atoms with E-state index in [9.17, 15) is 9.59 Å². The molecule has 0 atom stereocenters. The smallest absolute Gasteiger partial charge is 0.316 e. The number of hydrogen-bond donors (Lipinski definition) is 4. The van der Waals surface area contributed by atoms with Crippen molar-refractivity contribution in [1.29, 1.82) is 0 Å². The van der Waals surface area contributed by atoms with Crippen LogP contribution in [-0.4, -0.2) is 31.7 Å². The van der Waals surface area contributed by atoms with Gasteiger partial charge >= 0.3 is 19.4 Å². The summed E-state index contributed by atoms with van der Waals surface area (Å²) in [6.07, 6.45) is 0. The Morgan fingerprint density at radius 2 is 1.63 bits per heavy atom. The number of hydrogen-bond acceptors (Lipinski definition) is 4. The van der Waals surface area contributed by atoms with Crippen LogP contribution >= 0.6 is 24.2 Å². The number of nitrogens with zero attached hydrogens (tertiary/aromatic N) is 1. The normalized spacial score (nSPS) is 10.6. The molecule has 0 aliphatic carbocycles. The Balaban J connectivity index is 0.000000596. The second-order valence-corrected chi connectivity index (χ2v) is 7.23. The summed E-state index contributed by atoms with van der Waals surface area (Å²) >= 11 is 3.45. The Hall–Kier alpha value is -2.16. The lowest BCUT2D eigenvalue weighted by atomic mass is 10.1. The van der Waals surface area contributed by atoms with Crippen molar-refractivity contribution in [2.45, 2.75) is 13.1 Å². The van der Waals surface area contributed by atoms with Crippen molar-refractivity contribution in [2.24, 2.45) is 0 Å². The van der Waals surface area contributed by atoms with Gasteiger partial charge in [0.25, 0.3) is 0 Å². The van der Waals surface area contributed by atoms with E-state index >= 15 is 0 Å². The average molecular weight is 455 g/mol. The minimum atomic E-state index is -2.87. The molecule has 2 aromatic carbocycles. The molecule has 1 heterocycles. The molecule has 27 heavy (non-hydrogen) atoms. The van der Waals surface area contributed by atoms with E-state index in [1.807, 2.05) is 31.3 Å². The molecular formula is C17H18BrN3O5P+. The molecular weight excluding hydrogens is 437 g/mol. The summed E-state index contributed by atoms with van der Waals surface area (Å²) in [5.74, 6) is 0. The van der Waals surface area contributed by atoms with Gasteiger partial charge in [-0.15, -0.1) is 9.79 Å². The second-order valence-electron chi connectivity index (χ2n) is 5.81. The molecule has 3 rings (SSSR count). The van der Waals surface area contributed by atoms with Gasteiger partial charge in [0.2, 0.25) is 0 Å². The molecule has 0 aliphatic rings. The van der Waals surface area contributed by atoms with Gasteiger partial charge in [-0.1, -0.05) is 46.3 Å². The number of fused-ring (bicyclic) bond motifs is 1. The molecule has 0 amide bonds. The zero-order valence-electron chi connectivity index (χ0n) is 14.3. The van der Waals surface area contributed by atoms with Gasteiger partial charge in [0.05, 0.1) is 11.0 Å². The van der Waals surface area contributed by atoms with Crippen LogP contribution in [-0.2, 0) is 17.7 Å². The maximum absolute atomic E-state index is 11.6. The van der Waals surface area contributed by atoms with E-state index in [0.717, 1.165) is 16.6 Å². The molecule has 0 saturated carbocycles. The molecule has 3 aromatic rings. The molecule has 0 saturated heterocycles. The lowest BCUT2D eigenvalue weighted by molar-refractivity contribution is 0.320. The Morgan fingerprint density at radius 1 is 1.04 bits per heavy atom. The Kier molecular flexibility index (Phi) is 7.58. The summed E-state index contributed by atoms with van der Waals surface area (Å²) in [4.78, 5) is 44.8. The highest BCUT2D eigenvalue weighted by Crippen LogP contribution is 2.21. The summed E-state index contributed by atoms with van der Waals surface area (Å²) < 4.78 is 9.56. The number of aromatic nitrogens is 2. The monoisotopic (exact) mass is 454 g/mol. The van der Waals surface area contributed by atoms with Gasteiger partial charge < -0.3 is 9.97 Å². The topological polar surface area (TPSA) is 126 Å². The molecule has 0 aliphatic heterocycles. The van der Waals surface area contributed by atoms with Crippen molar-refractivity contribution in [3.8, 4) is 0 Å². The Labute approximate surface area is 163 Å². The van der Waals surface area contributed by atoms with Crippen LogP contribution in [0.4, 0.5) is 0 Å². The number of nitrogens with one attached hydrogen (secondary N) is 2. The maximum Gasteiger partial charge on any atom is 0.692 e. The van der Waals surface area contributed by atoms with E-state index in [1.54, 1.807) is 6.07 Å². The third-order valence-electron chi connectivity index (χ3n) is 3.61. The Bertz CT molecular complexity index is 1050. The largest absolute Gasteiger partial charge is 0.692 e. The molecule has 1 aromatic heterocycles. The summed E-state index contributed by atoms with van der Waals surface area (Å²) in [5.41, 5.74) is 2.17. The average Bonchev–Trinajstić information content (AvgIpc) is 2.57. The van der Waals surface area contributed by atoms with E-state index < -0.39 is 19.4 Å². The van der Waals surface area contributed by atoms with Crippen LogP contribution in [0.2, 0.25) is 0 Å². The lowest BCUT2D eigenvalue weighted by Crippen LogP contribution is -2.29. The van der Waals surface area contributed by atoms with Gasteiger partial charge in [-0.2, -0.15) is 0 Å². The van der Waals surface area contributed by atoms with E-state index in [0.29, 0.717) is 17.6 Å². The number of halogens is 1. The molecule has 0 bridgehead atoms. The van der Waals surface area contributed by atoms with E-state index in [4.69, 9.17) is 14.4 Å². The molecule has 0 spiro atoms. The van der Waals surface area contributed by atoms with Gasteiger partial charge in [-0.05, 0) is 30.3 Å². The highest BCUT2D eigenvalue weighted by molar-refractivity contribution is 9.10. The maximum atomic E-state index is 11.6. The zero-order valence-corrected chi connectivity index (χ0v) is 16.8. The SMILES string of the molecule is CN(Cc1ccccc1)Cc1cc(Br)cc2[nH]c(=O)c(=O)[nH]c12.O=[P+](O)O. The van der Waals surface area contributed by atoms with Gasteiger partial charge in [0, 0.05) is 22.1 Å². The first-order valence-corrected chi connectivity index (χ1v) is 9.74. The predicted molar refractivity (Wildman–Crippen MR) is 107 cm³/mol. The summed E-state index contributed by atoms with van der Waals surface area (Å²) in [6, 6.07) is 13.9. The number of H-pyrrole nitrogens is 2. The molecule has 10 heteroatoms. The lowest BCUT2D eigenvalue weighted by Gasteiger charge is -2.18. The number of aromatic amines is 2.